The van der Waals surface area contributed by atoms with Crippen LogP contribution in [0, 0.1) is 0 Å². The number of para-hydroxylation sites is 1. The monoisotopic (exact) mass is 436 g/mol. The van der Waals surface area contributed by atoms with E-state index in [0.717, 1.165) is 5.56 Å². The Morgan fingerprint density at radius 1 is 1.17 bits per heavy atom. The number of ether oxygens (including phenoxy) is 2. The van der Waals surface area contributed by atoms with E-state index < -0.39 is 6.04 Å². The average Bonchev–Trinajstić information content (AvgIpc) is 2.73. The molecule has 0 radical (unpaired) electrons. The molecule has 1 fully saturated rings. The molecule has 1 atom stereocenters. The third-order valence-corrected chi connectivity index (χ3v) is 5.16. The van der Waals surface area contributed by atoms with Crippen molar-refractivity contribution in [3.63, 3.8) is 0 Å². The van der Waals surface area contributed by atoms with E-state index in [9.17, 15) is 9.59 Å². The lowest BCUT2D eigenvalue weighted by Crippen LogP contribution is -2.50. The maximum absolute atomic E-state index is 12.8. The first kappa shape index (κ1) is 21.4. The second-order valence-electron chi connectivity index (χ2n) is 6.65. The minimum absolute atomic E-state index is 0.131. The van der Waals surface area contributed by atoms with E-state index in [4.69, 9.17) is 32.7 Å². The summed E-state index contributed by atoms with van der Waals surface area (Å²) in [5.74, 6) is -0.105. The zero-order chi connectivity index (χ0) is 20.8. The summed E-state index contributed by atoms with van der Waals surface area (Å²) in [6.07, 6.45) is 0. The number of hydrogen-bond acceptors (Lipinski definition) is 4. The Kier molecular flexibility index (Phi) is 7.36. The smallest absolute Gasteiger partial charge is 0.255 e. The number of hydrogen-bond donors (Lipinski definition) is 1. The fraction of sp³-hybridized carbons (Fsp3) is 0.333. The SMILES string of the molecule is CC(NC(=O)c1ccccc1OCc1ccc(Cl)cc1Cl)C(=O)N1CCOCC1. The Bertz CT molecular complexity index is 885. The molecule has 1 unspecified atom stereocenters. The van der Waals surface area contributed by atoms with Gasteiger partial charge in [-0.25, -0.2) is 0 Å². The number of carbonyl (C=O) groups excluding carboxylic acids is 2. The molecule has 1 aliphatic heterocycles. The summed E-state index contributed by atoms with van der Waals surface area (Å²) >= 11 is 12.1. The van der Waals surface area contributed by atoms with E-state index in [2.05, 4.69) is 5.32 Å². The number of rotatable bonds is 6. The van der Waals surface area contributed by atoms with Crippen molar-refractivity contribution in [1.82, 2.24) is 10.2 Å². The molecule has 0 spiro atoms. The van der Waals surface area contributed by atoms with Crippen LogP contribution in [-0.2, 0) is 16.1 Å². The van der Waals surface area contributed by atoms with Crippen molar-refractivity contribution >= 4 is 35.0 Å². The van der Waals surface area contributed by atoms with Crippen molar-refractivity contribution < 1.29 is 19.1 Å². The summed E-state index contributed by atoms with van der Waals surface area (Å²) in [5, 5.41) is 3.79. The quantitative estimate of drug-likeness (QED) is 0.751. The second kappa shape index (κ2) is 9.96. The van der Waals surface area contributed by atoms with Gasteiger partial charge in [0.25, 0.3) is 5.91 Å². The summed E-state index contributed by atoms with van der Waals surface area (Å²) in [6, 6.07) is 11.4. The minimum atomic E-state index is -0.653. The van der Waals surface area contributed by atoms with E-state index in [1.807, 2.05) is 0 Å². The van der Waals surface area contributed by atoms with Crippen LogP contribution in [0.5, 0.6) is 5.75 Å². The van der Waals surface area contributed by atoms with Gasteiger partial charge in [-0.15, -0.1) is 0 Å². The van der Waals surface area contributed by atoms with Gasteiger partial charge in [-0.1, -0.05) is 41.4 Å². The lowest BCUT2D eigenvalue weighted by molar-refractivity contribution is -0.136. The molecule has 1 N–H and O–H groups in total. The molecule has 1 saturated heterocycles. The zero-order valence-electron chi connectivity index (χ0n) is 16.0. The molecule has 29 heavy (non-hydrogen) atoms. The predicted molar refractivity (Wildman–Crippen MR) is 112 cm³/mol. The van der Waals surface area contributed by atoms with Gasteiger partial charge >= 0.3 is 0 Å². The van der Waals surface area contributed by atoms with Crippen molar-refractivity contribution in [2.75, 3.05) is 26.3 Å². The predicted octanol–water partition coefficient (Wildman–Crippen LogP) is 3.55. The molecule has 154 valence electrons. The van der Waals surface area contributed by atoms with E-state index >= 15 is 0 Å². The highest BCUT2D eigenvalue weighted by molar-refractivity contribution is 6.35. The largest absolute Gasteiger partial charge is 0.488 e. The van der Waals surface area contributed by atoms with Crippen LogP contribution in [-0.4, -0.2) is 49.1 Å². The first-order valence-corrected chi connectivity index (χ1v) is 10.0. The van der Waals surface area contributed by atoms with Crippen LogP contribution in [0.1, 0.15) is 22.8 Å². The first-order chi connectivity index (χ1) is 14.0. The lowest BCUT2D eigenvalue weighted by Gasteiger charge is -2.29. The van der Waals surface area contributed by atoms with E-state index in [-0.39, 0.29) is 18.4 Å². The van der Waals surface area contributed by atoms with Crippen LogP contribution in [0.3, 0.4) is 0 Å². The van der Waals surface area contributed by atoms with E-state index in [0.29, 0.717) is 47.7 Å². The average molecular weight is 437 g/mol. The maximum atomic E-state index is 12.8. The highest BCUT2D eigenvalue weighted by Crippen LogP contribution is 2.24. The number of benzene rings is 2. The number of nitrogens with one attached hydrogen (secondary N) is 1. The van der Waals surface area contributed by atoms with Crippen molar-refractivity contribution in [3.8, 4) is 5.75 Å². The van der Waals surface area contributed by atoms with Crippen LogP contribution in [0.2, 0.25) is 10.0 Å². The van der Waals surface area contributed by atoms with Crippen molar-refractivity contribution in [2.45, 2.75) is 19.6 Å². The van der Waals surface area contributed by atoms with Gasteiger partial charge in [0.05, 0.1) is 18.8 Å². The van der Waals surface area contributed by atoms with Gasteiger partial charge in [-0.05, 0) is 31.2 Å². The number of amides is 2. The van der Waals surface area contributed by atoms with Gasteiger partial charge in [0.15, 0.2) is 0 Å². The normalized spacial score (nSPS) is 14.9. The molecule has 1 aliphatic rings. The molecule has 0 aromatic heterocycles. The van der Waals surface area contributed by atoms with E-state index in [1.54, 1.807) is 54.3 Å². The van der Waals surface area contributed by atoms with Gasteiger partial charge in [0.1, 0.15) is 18.4 Å². The minimum Gasteiger partial charge on any atom is -0.488 e. The molecule has 0 bridgehead atoms. The Morgan fingerprint density at radius 2 is 1.90 bits per heavy atom. The number of nitrogens with zero attached hydrogens (tertiary/aromatic N) is 1. The molecule has 0 aliphatic carbocycles. The van der Waals surface area contributed by atoms with Crippen molar-refractivity contribution in [1.29, 1.82) is 0 Å². The molecule has 3 rings (SSSR count). The lowest BCUT2D eigenvalue weighted by atomic mass is 10.1. The molecule has 1 heterocycles. The molecule has 0 saturated carbocycles. The topological polar surface area (TPSA) is 67.9 Å². The highest BCUT2D eigenvalue weighted by atomic mass is 35.5. The summed E-state index contributed by atoms with van der Waals surface area (Å²) in [5.41, 5.74) is 1.10. The number of carbonyl (C=O) groups is 2. The molecular formula is C21H22Cl2N2O4. The van der Waals surface area contributed by atoms with Crippen LogP contribution in [0.4, 0.5) is 0 Å². The van der Waals surface area contributed by atoms with Crippen LogP contribution < -0.4 is 10.1 Å². The number of halogens is 2. The second-order valence-corrected chi connectivity index (χ2v) is 7.50. The molecule has 2 aromatic rings. The molecular weight excluding hydrogens is 415 g/mol. The van der Waals surface area contributed by atoms with Crippen LogP contribution in [0.25, 0.3) is 0 Å². The van der Waals surface area contributed by atoms with Gasteiger partial charge in [-0.2, -0.15) is 0 Å². The van der Waals surface area contributed by atoms with Gasteiger partial charge in [-0.3, -0.25) is 9.59 Å². The first-order valence-electron chi connectivity index (χ1n) is 9.29. The van der Waals surface area contributed by atoms with Crippen molar-refractivity contribution in [2.24, 2.45) is 0 Å². The third-order valence-electron chi connectivity index (χ3n) is 4.57. The molecule has 8 heteroatoms. The third kappa shape index (κ3) is 5.63. The summed E-state index contributed by atoms with van der Waals surface area (Å²) < 4.78 is 11.1. The van der Waals surface area contributed by atoms with E-state index in [1.165, 1.54) is 0 Å². The Morgan fingerprint density at radius 3 is 2.62 bits per heavy atom. The maximum Gasteiger partial charge on any atom is 0.255 e. The van der Waals surface area contributed by atoms with Gasteiger partial charge in [0, 0.05) is 28.7 Å². The fourth-order valence-corrected chi connectivity index (χ4v) is 3.43. The van der Waals surface area contributed by atoms with Gasteiger partial charge in [0.2, 0.25) is 5.91 Å². The fourth-order valence-electron chi connectivity index (χ4n) is 2.97. The summed E-state index contributed by atoms with van der Waals surface area (Å²) in [7, 11) is 0. The van der Waals surface area contributed by atoms with Gasteiger partial charge < -0.3 is 19.7 Å². The van der Waals surface area contributed by atoms with Crippen LogP contribution in [0.15, 0.2) is 42.5 Å². The molecule has 6 nitrogen and oxygen atoms in total. The standard InChI is InChI=1S/C21H22Cl2N2O4/c1-14(21(27)25-8-10-28-11-9-25)24-20(26)17-4-2-3-5-19(17)29-13-15-6-7-16(22)12-18(15)23/h2-7,12,14H,8-11,13H2,1H3,(H,24,26). The molecule has 2 aromatic carbocycles. The summed E-state index contributed by atoms with van der Waals surface area (Å²) in [6.45, 7) is 3.93. The highest BCUT2D eigenvalue weighted by Gasteiger charge is 2.25. The Balaban J connectivity index is 1.65. The Labute approximate surface area is 179 Å². The zero-order valence-corrected chi connectivity index (χ0v) is 17.5. The summed E-state index contributed by atoms with van der Waals surface area (Å²) in [4.78, 5) is 27.0. The Hall–Kier alpha value is -2.28. The van der Waals surface area contributed by atoms with Crippen LogP contribution >= 0.6 is 23.2 Å². The van der Waals surface area contributed by atoms with Crippen molar-refractivity contribution in [3.05, 3.63) is 63.6 Å². The number of morpholine rings is 1. The molecule has 2 amide bonds.